The summed E-state index contributed by atoms with van der Waals surface area (Å²) in [5.74, 6) is -4.98. The molecule has 1 aromatic carbocycles. The summed E-state index contributed by atoms with van der Waals surface area (Å²) >= 11 is 0. The zero-order chi connectivity index (χ0) is 15.1. The van der Waals surface area contributed by atoms with Gasteiger partial charge in [-0.15, -0.1) is 0 Å². The van der Waals surface area contributed by atoms with Gasteiger partial charge in [0, 0.05) is 0 Å². The van der Waals surface area contributed by atoms with E-state index < -0.39 is 47.8 Å². The van der Waals surface area contributed by atoms with E-state index in [0.717, 1.165) is 0 Å². The number of nitrogens with one attached hydrogen (secondary N) is 1. The van der Waals surface area contributed by atoms with Gasteiger partial charge in [0.2, 0.25) is 0 Å². The second-order valence-electron chi connectivity index (χ2n) is 4.19. The van der Waals surface area contributed by atoms with Crippen LogP contribution in [0.3, 0.4) is 0 Å². The molecule has 0 aliphatic carbocycles. The average Bonchev–Trinajstić information content (AvgIpc) is 2.30. The van der Waals surface area contributed by atoms with Crippen LogP contribution in [0.1, 0.15) is 17.2 Å². The molecule has 1 N–H and O–H groups in total. The van der Waals surface area contributed by atoms with E-state index in [1.165, 1.54) is 0 Å². The van der Waals surface area contributed by atoms with Gasteiger partial charge in [0.15, 0.2) is 6.61 Å². The van der Waals surface area contributed by atoms with Crippen molar-refractivity contribution in [2.75, 3.05) is 6.61 Å². The molecular weight excluding hydrogens is 292 g/mol. The molecule has 0 radical (unpaired) electrons. The number of rotatable bonds is 1. The lowest BCUT2D eigenvalue weighted by atomic mass is 9.98. The number of benzene rings is 1. The fourth-order valence-corrected chi connectivity index (χ4v) is 1.78. The van der Waals surface area contributed by atoms with Crippen LogP contribution in [-0.4, -0.2) is 18.6 Å². The molecule has 1 saturated heterocycles. The second-order valence-corrected chi connectivity index (χ2v) is 4.19. The molecule has 1 amide bonds. The number of ether oxygens (including phenoxy) is 1. The second kappa shape index (κ2) is 4.57. The van der Waals surface area contributed by atoms with E-state index in [-0.39, 0.29) is 6.07 Å². The minimum atomic E-state index is -4.89. The molecule has 0 unspecified atom stereocenters. The van der Waals surface area contributed by atoms with Gasteiger partial charge in [0.25, 0.3) is 0 Å². The Kier molecular flexibility index (Phi) is 3.31. The van der Waals surface area contributed by atoms with Gasteiger partial charge in [-0.2, -0.15) is 13.2 Å². The molecule has 110 valence electrons. The topological polar surface area (TPSA) is 38.3 Å². The highest BCUT2D eigenvalue weighted by Gasteiger charge is 2.47. The number of carbonyl (C=O) groups excluding carboxylic acids is 1. The van der Waals surface area contributed by atoms with Gasteiger partial charge in [0.05, 0.1) is 5.56 Å². The van der Waals surface area contributed by atoms with Crippen molar-refractivity contribution in [1.29, 1.82) is 0 Å². The summed E-state index contributed by atoms with van der Waals surface area (Å²) in [5, 5.41) is 1.68. The lowest BCUT2D eigenvalue weighted by molar-refractivity contribution is -0.138. The van der Waals surface area contributed by atoms with Crippen molar-refractivity contribution in [2.24, 2.45) is 0 Å². The Morgan fingerprint density at radius 3 is 2.50 bits per heavy atom. The summed E-state index contributed by atoms with van der Waals surface area (Å²) in [6.45, 7) is -1.29. The quantitative estimate of drug-likeness (QED) is 0.808. The van der Waals surface area contributed by atoms with Crippen LogP contribution >= 0.6 is 0 Å². The number of hydrogen-bond acceptors (Lipinski definition) is 2. The standard InChI is InChI=1S/C11H7F6NO2/c12-7-2-5(1-6(3-7)11(15,16)17)8-10(13,14)4-20-9(19)18-8/h1-3,8H,4H2,(H,18,19)/t8-/m1/s1. The molecule has 0 saturated carbocycles. The summed E-state index contributed by atoms with van der Waals surface area (Å²) in [5.41, 5.74) is -2.09. The zero-order valence-electron chi connectivity index (χ0n) is 9.60. The highest BCUT2D eigenvalue weighted by Crippen LogP contribution is 2.37. The van der Waals surface area contributed by atoms with Gasteiger partial charge in [-0.05, 0) is 23.8 Å². The molecule has 1 aliphatic rings. The first-order valence-electron chi connectivity index (χ1n) is 5.28. The summed E-state index contributed by atoms with van der Waals surface area (Å²) in [6, 6.07) is -1.02. The van der Waals surface area contributed by atoms with Crippen molar-refractivity contribution >= 4 is 6.09 Å². The first kappa shape index (κ1) is 14.5. The highest BCUT2D eigenvalue weighted by molar-refractivity contribution is 5.69. The van der Waals surface area contributed by atoms with Gasteiger partial charge in [0.1, 0.15) is 11.9 Å². The lowest BCUT2D eigenvalue weighted by Gasteiger charge is -2.32. The number of amides is 1. The third kappa shape index (κ3) is 2.81. The van der Waals surface area contributed by atoms with Gasteiger partial charge < -0.3 is 10.1 Å². The van der Waals surface area contributed by atoms with E-state index in [1.54, 1.807) is 5.32 Å². The molecule has 1 heterocycles. The monoisotopic (exact) mass is 299 g/mol. The molecule has 1 fully saturated rings. The van der Waals surface area contributed by atoms with E-state index in [4.69, 9.17) is 0 Å². The zero-order valence-corrected chi connectivity index (χ0v) is 9.60. The minimum Gasteiger partial charge on any atom is -0.443 e. The predicted octanol–water partition coefficient (Wildman–Crippen LogP) is 3.26. The van der Waals surface area contributed by atoms with Crippen molar-refractivity contribution in [3.8, 4) is 0 Å². The van der Waals surface area contributed by atoms with Crippen LogP contribution in [-0.2, 0) is 10.9 Å². The number of cyclic esters (lactones) is 1. The fraction of sp³-hybridized carbons (Fsp3) is 0.364. The Hall–Kier alpha value is -1.93. The predicted molar refractivity (Wildman–Crippen MR) is 53.6 cm³/mol. The smallest absolute Gasteiger partial charge is 0.416 e. The molecule has 20 heavy (non-hydrogen) atoms. The summed E-state index contributed by atoms with van der Waals surface area (Å²) in [6.07, 6.45) is -6.10. The first-order valence-corrected chi connectivity index (χ1v) is 5.28. The van der Waals surface area contributed by atoms with Crippen LogP contribution in [0.15, 0.2) is 18.2 Å². The third-order valence-corrected chi connectivity index (χ3v) is 2.66. The van der Waals surface area contributed by atoms with Crippen molar-refractivity contribution < 1.29 is 35.9 Å². The van der Waals surface area contributed by atoms with Crippen molar-refractivity contribution in [2.45, 2.75) is 18.1 Å². The van der Waals surface area contributed by atoms with E-state index in [9.17, 15) is 31.1 Å². The summed E-state index contributed by atoms with van der Waals surface area (Å²) in [7, 11) is 0. The van der Waals surface area contributed by atoms with E-state index in [1.807, 2.05) is 0 Å². The van der Waals surface area contributed by atoms with Gasteiger partial charge in [-0.1, -0.05) is 0 Å². The molecule has 0 spiro atoms. The number of hydrogen-bond donors (Lipinski definition) is 1. The average molecular weight is 299 g/mol. The minimum absolute atomic E-state index is 0.183. The molecule has 3 nitrogen and oxygen atoms in total. The number of alkyl carbamates (subject to hydrolysis) is 1. The van der Waals surface area contributed by atoms with Crippen molar-refractivity contribution in [3.63, 3.8) is 0 Å². The van der Waals surface area contributed by atoms with Crippen LogP contribution in [0, 0.1) is 5.82 Å². The highest BCUT2D eigenvalue weighted by atomic mass is 19.4. The molecule has 0 aromatic heterocycles. The largest absolute Gasteiger partial charge is 0.443 e. The van der Waals surface area contributed by atoms with Crippen LogP contribution in [0.4, 0.5) is 31.1 Å². The van der Waals surface area contributed by atoms with Crippen LogP contribution in [0.2, 0.25) is 0 Å². The number of alkyl halides is 5. The maximum absolute atomic E-state index is 13.5. The lowest BCUT2D eigenvalue weighted by Crippen LogP contribution is -2.49. The molecule has 0 bridgehead atoms. The Bertz CT molecular complexity index is 542. The summed E-state index contributed by atoms with van der Waals surface area (Å²) in [4.78, 5) is 10.9. The molecule has 9 heteroatoms. The van der Waals surface area contributed by atoms with Crippen LogP contribution in [0.5, 0.6) is 0 Å². The summed E-state index contributed by atoms with van der Waals surface area (Å²) < 4.78 is 81.9. The number of carbonyl (C=O) groups is 1. The first-order chi connectivity index (χ1) is 9.09. The van der Waals surface area contributed by atoms with E-state index in [2.05, 4.69) is 4.74 Å². The normalized spacial score (nSPS) is 22.1. The Morgan fingerprint density at radius 1 is 1.25 bits per heavy atom. The SMILES string of the molecule is O=C1N[C@H](c2cc(F)cc(C(F)(F)F)c2)C(F)(F)CO1. The van der Waals surface area contributed by atoms with Crippen LogP contribution < -0.4 is 5.32 Å². The molecular formula is C11H7F6NO2. The Morgan fingerprint density at radius 2 is 1.90 bits per heavy atom. The van der Waals surface area contributed by atoms with Gasteiger partial charge in [-0.25, -0.2) is 18.0 Å². The Labute approximate surface area is 108 Å². The molecule has 1 atom stereocenters. The Balaban J connectivity index is 2.46. The fourth-order valence-electron chi connectivity index (χ4n) is 1.78. The van der Waals surface area contributed by atoms with E-state index >= 15 is 0 Å². The maximum Gasteiger partial charge on any atom is 0.416 e. The van der Waals surface area contributed by atoms with Crippen molar-refractivity contribution in [1.82, 2.24) is 5.32 Å². The molecule has 1 aromatic rings. The molecule has 1 aliphatic heterocycles. The molecule has 2 rings (SSSR count). The number of halogens is 6. The third-order valence-electron chi connectivity index (χ3n) is 2.66. The van der Waals surface area contributed by atoms with Gasteiger partial charge >= 0.3 is 18.2 Å². The van der Waals surface area contributed by atoms with E-state index in [0.29, 0.717) is 12.1 Å². The maximum atomic E-state index is 13.5. The van der Waals surface area contributed by atoms with Crippen molar-refractivity contribution in [3.05, 3.63) is 35.1 Å². The van der Waals surface area contributed by atoms with Gasteiger partial charge in [-0.3, -0.25) is 0 Å². The van der Waals surface area contributed by atoms with Crippen LogP contribution in [0.25, 0.3) is 0 Å².